The van der Waals surface area contributed by atoms with E-state index >= 15 is 0 Å². The molecule has 0 fully saturated rings. The molecule has 118 valence electrons. The third-order valence-electron chi connectivity index (χ3n) is 4.01. The van der Waals surface area contributed by atoms with Gasteiger partial charge in [-0.05, 0) is 37.0 Å². The molecule has 0 aliphatic heterocycles. The second-order valence-electron chi connectivity index (χ2n) is 5.87. The lowest BCUT2D eigenvalue weighted by Gasteiger charge is -2.08. The van der Waals surface area contributed by atoms with Crippen molar-refractivity contribution < 1.29 is 0 Å². The van der Waals surface area contributed by atoms with Gasteiger partial charge in [0.1, 0.15) is 0 Å². The van der Waals surface area contributed by atoms with Crippen molar-refractivity contribution in [1.82, 2.24) is 0 Å². The van der Waals surface area contributed by atoms with Crippen molar-refractivity contribution in [1.29, 1.82) is 0 Å². The minimum Gasteiger partial charge on any atom is -0.397 e. The van der Waals surface area contributed by atoms with Crippen LogP contribution in [0.25, 0.3) is 0 Å². The van der Waals surface area contributed by atoms with Crippen LogP contribution in [-0.2, 0) is 6.42 Å². The van der Waals surface area contributed by atoms with Crippen molar-refractivity contribution >= 4 is 11.4 Å². The Morgan fingerprint density at radius 2 is 1.32 bits per heavy atom. The summed E-state index contributed by atoms with van der Waals surface area (Å²) in [5, 5.41) is 3.41. The van der Waals surface area contributed by atoms with Crippen molar-refractivity contribution in [3.63, 3.8) is 0 Å². The Morgan fingerprint density at radius 3 is 2.09 bits per heavy atom. The average Bonchev–Trinajstić information content (AvgIpc) is 2.56. The van der Waals surface area contributed by atoms with Gasteiger partial charge in [0.25, 0.3) is 0 Å². The van der Waals surface area contributed by atoms with Crippen LogP contribution in [0.4, 0.5) is 11.4 Å². The summed E-state index contributed by atoms with van der Waals surface area (Å²) < 4.78 is 0. The molecule has 2 nitrogen and oxygen atoms in total. The fourth-order valence-corrected chi connectivity index (χ4v) is 2.69. The predicted molar refractivity (Wildman–Crippen MR) is 97.2 cm³/mol. The Bertz CT molecular complexity index is 522. The second-order valence-corrected chi connectivity index (χ2v) is 5.87. The minimum absolute atomic E-state index is 0.836. The van der Waals surface area contributed by atoms with Gasteiger partial charge >= 0.3 is 0 Å². The molecule has 2 aromatic carbocycles. The Morgan fingerprint density at radius 1 is 0.682 bits per heavy atom. The van der Waals surface area contributed by atoms with Crippen LogP contribution in [0.3, 0.4) is 0 Å². The van der Waals surface area contributed by atoms with Crippen molar-refractivity contribution in [2.24, 2.45) is 0 Å². The smallest absolute Gasteiger partial charge is 0.0573 e. The highest BCUT2D eigenvalue weighted by molar-refractivity contribution is 5.65. The van der Waals surface area contributed by atoms with E-state index in [1.54, 1.807) is 0 Å². The first-order valence-electron chi connectivity index (χ1n) is 8.48. The molecule has 0 saturated carbocycles. The van der Waals surface area contributed by atoms with Crippen molar-refractivity contribution in [3.05, 3.63) is 60.2 Å². The molecule has 2 rings (SSSR count). The summed E-state index contributed by atoms with van der Waals surface area (Å²) in [7, 11) is 0. The zero-order valence-electron chi connectivity index (χ0n) is 13.4. The molecule has 22 heavy (non-hydrogen) atoms. The van der Waals surface area contributed by atoms with Gasteiger partial charge in [-0.25, -0.2) is 0 Å². The van der Waals surface area contributed by atoms with Crippen LogP contribution in [0, 0.1) is 0 Å². The van der Waals surface area contributed by atoms with Crippen molar-refractivity contribution in [3.8, 4) is 0 Å². The molecule has 0 aliphatic carbocycles. The number of hydrogen-bond acceptors (Lipinski definition) is 2. The average molecular weight is 296 g/mol. The van der Waals surface area contributed by atoms with Gasteiger partial charge in [-0.3, -0.25) is 0 Å². The predicted octanol–water partition coefficient (Wildman–Crippen LogP) is 5.26. The van der Waals surface area contributed by atoms with E-state index in [1.807, 2.05) is 24.3 Å². The van der Waals surface area contributed by atoms with Crippen LogP contribution in [0.15, 0.2) is 54.6 Å². The molecule has 0 unspecified atom stereocenters. The molecule has 3 N–H and O–H groups in total. The number of nitrogen functional groups attached to an aromatic ring is 1. The van der Waals surface area contributed by atoms with E-state index in [9.17, 15) is 0 Å². The minimum atomic E-state index is 0.836. The summed E-state index contributed by atoms with van der Waals surface area (Å²) in [6.07, 6.45) is 9.06. The van der Waals surface area contributed by atoms with E-state index in [1.165, 1.54) is 50.5 Å². The van der Waals surface area contributed by atoms with Crippen LogP contribution in [-0.4, -0.2) is 6.54 Å². The molecule has 0 aromatic heterocycles. The SMILES string of the molecule is Nc1ccccc1NCCCCCCCCc1ccccc1. The number of unbranched alkanes of at least 4 members (excludes halogenated alkanes) is 5. The fourth-order valence-electron chi connectivity index (χ4n) is 2.69. The van der Waals surface area contributed by atoms with Gasteiger partial charge < -0.3 is 11.1 Å². The molecule has 0 aliphatic rings. The van der Waals surface area contributed by atoms with E-state index in [-0.39, 0.29) is 0 Å². The third kappa shape index (κ3) is 6.21. The van der Waals surface area contributed by atoms with Crippen LogP contribution in [0.5, 0.6) is 0 Å². The number of hydrogen-bond donors (Lipinski definition) is 2. The maximum Gasteiger partial charge on any atom is 0.0573 e. The molecule has 0 amide bonds. The first kappa shape index (κ1) is 16.4. The van der Waals surface area contributed by atoms with Gasteiger partial charge in [0.2, 0.25) is 0 Å². The van der Waals surface area contributed by atoms with Crippen LogP contribution in [0.1, 0.15) is 44.1 Å². The summed E-state index contributed by atoms with van der Waals surface area (Å²) in [4.78, 5) is 0. The van der Waals surface area contributed by atoms with E-state index < -0.39 is 0 Å². The number of aryl methyl sites for hydroxylation is 1. The van der Waals surface area contributed by atoms with Gasteiger partial charge in [0, 0.05) is 6.54 Å². The molecular formula is C20H28N2. The highest BCUT2D eigenvalue weighted by Crippen LogP contribution is 2.17. The highest BCUT2D eigenvalue weighted by atomic mass is 14.9. The van der Waals surface area contributed by atoms with Gasteiger partial charge in [-0.15, -0.1) is 0 Å². The summed E-state index contributed by atoms with van der Waals surface area (Å²) in [6, 6.07) is 18.8. The molecule has 0 spiro atoms. The van der Waals surface area contributed by atoms with E-state index in [2.05, 4.69) is 35.6 Å². The third-order valence-corrected chi connectivity index (χ3v) is 4.01. The van der Waals surface area contributed by atoms with Crippen LogP contribution >= 0.6 is 0 Å². The van der Waals surface area contributed by atoms with Gasteiger partial charge in [-0.1, -0.05) is 68.1 Å². The molecule has 0 saturated heterocycles. The summed E-state index contributed by atoms with van der Waals surface area (Å²) >= 11 is 0. The molecule has 2 aromatic rings. The van der Waals surface area contributed by atoms with Crippen molar-refractivity contribution in [2.45, 2.75) is 44.9 Å². The number of anilines is 2. The lowest BCUT2D eigenvalue weighted by molar-refractivity contribution is 0.601. The first-order chi connectivity index (χ1) is 10.9. The van der Waals surface area contributed by atoms with Gasteiger partial charge in [0.15, 0.2) is 0 Å². The largest absolute Gasteiger partial charge is 0.397 e. The van der Waals surface area contributed by atoms with Crippen LogP contribution in [0.2, 0.25) is 0 Å². The molecule has 0 heterocycles. The molecule has 0 atom stereocenters. The van der Waals surface area contributed by atoms with Gasteiger partial charge in [0.05, 0.1) is 11.4 Å². The number of nitrogens with one attached hydrogen (secondary N) is 1. The maximum absolute atomic E-state index is 5.90. The highest BCUT2D eigenvalue weighted by Gasteiger charge is 1.96. The monoisotopic (exact) mass is 296 g/mol. The summed E-state index contributed by atoms with van der Waals surface area (Å²) in [6.45, 7) is 1.01. The zero-order valence-corrected chi connectivity index (χ0v) is 13.4. The summed E-state index contributed by atoms with van der Waals surface area (Å²) in [5.41, 5.74) is 9.26. The number of nitrogens with two attached hydrogens (primary N) is 1. The molecule has 2 heteroatoms. The lowest BCUT2D eigenvalue weighted by atomic mass is 10.0. The number of para-hydroxylation sites is 2. The van der Waals surface area contributed by atoms with E-state index in [0.717, 1.165) is 17.9 Å². The van der Waals surface area contributed by atoms with E-state index in [0.29, 0.717) is 0 Å². The second kappa shape index (κ2) is 9.88. The topological polar surface area (TPSA) is 38.0 Å². The molecule has 0 radical (unpaired) electrons. The molecule has 0 bridgehead atoms. The number of benzene rings is 2. The van der Waals surface area contributed by atoms with E-state index in [4.69, 9.17) is 5.73 Å². The van der Waals surface area contributed by atoms with Crippen LogP contribution < -0.4 is 11.1 Å². The number of rotatable bonds is 10. The van der Waals surface area contributed by atoms with Crippen molar-refractivity contribution in [2.75, 3.05) is 17.6 Å². The fraction of sp³-hybridized carbons (Fsp3) is 0.400. The Kier molecular flexibility index (Phi) is 7.37. The molecular weight excluding hydrogens is 268 g/mol. The standard InChI is InChI=1S/C20H28N2/c21-19-15-9-10-16-20(19)22-17-11-4-2-1-3-6-12-18-13-7-5-8-14-18/h5,7-10,13-16,22H,1-4,6,11-12,17,21H2. The Labute approximate surface area is 134 Å². The quantitative estimate of drug-likeness (QED) is 0.463. The maximum atomic E-state index is 5.90. The normalized spacial score (nSPS) is 10.5. The van der Waals surface area contributed by atoms with Gasteiger partial charge in [-0.2, -0.15) is 0 Å². The Hall–Kier alpha value is -1.96. The Balaban J connectivity index is 1.44. The lowest BCUT2D eigenvalue weighted by Crippen LogP contribution is -2.03. The summed E-state index contributed by atoms with van der Waals surface area (Å²) in [5.74, 6) is 0. The zero-order chi connectivity index (χ0) is 15.5. The first-order valence-corrected chi connectivity index (χ1v) is 8.48.